The van der Waals surface area contributed by atoms with Crippen LogP contribution in [0, 0.1) is 0 Å². The third-order valence-electron chi connectivity index (χ3n) is 3.97. The lowest BCUT2D eigenvalue weighted by Crippen LogP contribution is -2.46. The van der Waals surface area contributed by atoms with Gasteiger partial charge in [0.05, 0.1) is 0 Å². The van der Waals surface area contributed by atoms with Crippen molar-refractivity contribution in [2.24, 2.45) is 5.73 Å². The van der Waals surface area contributed by atoms with E-state index < -0.39 is 0 Å². The maximum Gasteiger partial charge on any atom is 0.0180 e. The summed E-state index contributed by atoms with van der Waals surface area (Å²) in [6.07, 6.45) is 3.36. The molecule has 0 fully saturated rings. The van der Waals surface area contributed by atoms with Gasteiger partial charge in [0.25, 0.3) is 0 Å². The van der Waals surface area contributed by atoms with Gasteiger partial charge in [0.1, 0.15) is 0 Å². The second-order valence-corrected chi connectivity index (χ2v) is 6.47. The lowest BCUT2D eigenvalue weighted by molar-refractivity contribution is 0.205. The van der Waals surface area contributed by atoms with Crippen LogP contribution in [0.3, 0.4) is 0 Å². The van der Waals surface area contributed by atoms with Crippen molar-refractivity contribution in [2.45, 2.75) is 31.7 Å². The van der Waals surface area contributed by atoms with E-state index in [4.69, 9.17) is 5.73 Å². The number of nitrogens with two attached hydrogens (primary N) is 1. The molecular weight excluding hydrogens is 252 g/mol. The maximum atomic E-state index is 6.07. The number of benzene rings is 1. The molecule has 0 amide bonds. The second kappa shape index (κ2) is 7.93. The number of nitrogens with zero attached hydrogens (tertiary/aromatic N) is 1. The predicted molar refractivity (Wildman–Crippen MR) is 87.9 cm³/mol. The molecule has 2 atom stereocenters. The highest BCUT2D eigenvalue weighted by Crippen LogP contribution is 2.25. The molecule has 2 nitrogen and oxygen atoms in total. The number of rotatable bonds is 8. The van der Waals surface area contributed by atoms with Crippen molar-refractivity contribution >= 4 is 11.8 Å². The second-order valence-electron chi connectivity index (χ2n) is 5.56. The van der Waals surface area contributed by atoms with Crippen LogP contribution in [0.4, 0.5) is 0 Å². The molecule has 1 aromatic carbocycles. The molecule has 0 saturated carbocycles. The zero-order valence-corrected chi connectivity index (χ0v) is 13.5. The zero-order valence-electron chi connectivity index (χ0n) is 12.7. The first kappa shape index (κ1) is 16.5. The van der Waals surface area contributed by atoms with Crippen molar-refractivity contribution in [1.82, 2.24) is 4.90 Å². The molecule has 0 aliphatic carbocycles. The number of likely N-dealkylation sites (N-methyl/N-ethyl adjacent to an activating group) is 1. The molecule has 2 unspecified atom stereocenters. The third kappa shape index (κ3) is 4.51. The smallest absolute Gasteiger partial charge is 0.0180 e. The number of hydrogen-bond donors (Lipinski definition) is 1. The minimum atomic E-state index is 0.0296. The van der Waals surface area contributed by atoms with Crippen molar-refractivity contribution in [3.63, 3.8) is 0 Å². The van der Waals surface area contributed by atoms with Gasteiger partial charge in [0.15, 0.2) is 0 Å². The van der Waals surface area contributed by atoms with E-state index in [9.17, 15) is 0 Å². The summed E-state index contributed by atoms with van der Waals surface area (Å²) in [5.41, 5.74) is 7.44. The molecule has 0 spiro atoms. The van der Waals surface area contributed by atoms with E-state index in [2.05, 4.69) is 62.4 Å². The summed E-state index contributed by atoms with van der Waals surface area (Å²) in [6, 6.07) is 11.3. The lowest BCUT2D eigenvalue weighted by atomic mass is 9.82. The first-order valence-corrected chi connectivity index (χ1v) is 8.41. The molecule has 0 aromatic heterocycles. The van der Waals surface area contributed by atoms with Gasteiger partial charge in [0, 0.05) is 30.3 Å². The van der Waals surface area contributed by atoms with Crippen LogP contribution in [0.1, 0.15) is 25.8 Å². The van der Waals surface area contributed by atoms with Gasteiger partial charge in [-0.25, -0.2) is 0 Å². The Morgan fingerprint density at radius 2 is 1.95 bits per heavy atom. The Bertz CT molecular complexity index is 355. The lowest BCUT2D eigenvalue weighted by Gasteiger charge is -2.37. The van der Waals surface area contributed by atoms with Crippen molar-refractivity contribution in [2.75, 3.05) is 32.1 Å². The van der Waals surface area contributed by atoms with Crippen molar-refractivity contribution in [1.29, 1.82) is 0 Å². The molecule has 3 heteroatoms. The molecule has 0 aliphatic rings. The van der Waals surface area contributed by atoms with E-state index in [0.717, 1.165) is 6.54 Å². The Balaban J connectivity index is 2.80. The fourth-order valence-corrected chi connectivity index (χ4v) is 3.42. The van der Waals surface area contributed by atoms with Gasteiger partial charge in [-0.05, 0) is 25.3 Å². The number of thioether (sulfide) groups is 1. The summed E-state index contributed by atoms with van der Waals surface area (Å²) in [6.45, 7) is 6.22. The first-order valence-electron chi connectivity index (χ1n) is 7.02. The molecule has 2 N–H and O–H groups in total. The number of hydrogen-bond acceptors (Lipinski definition) is 3. The monoisotopic (exact) mass is 280 g/mol. The largest absolute Gasteiger partial charge is 0.330 e. The Hall–Kier alpha value is -0.510. The average molecular weight is 280 g/mol. The molecule has 0 aliphatic heterocycles. The summed E-state index contributed by atoms with van der Waals surface area (Å²) in [4.78, 5) is 2.47. The Kier molecular flexibility index (Phi) is 6.90. The van der Waals surface area contributed by atoms with Gasteiger partial charge in [0.2, 0.25) is 0 Å². The minimum absolute atomic E-state index is 0.0296. The third-order valence-corrected chi connectivity index (χ3v) is 4.69. The Labute approximate surface area is 122 Å². The van der Waals surface area contributed by atoms with Gasteiger partial charge in [-0.2, -0.15) is 11.8 Å². The molecule has 0 saturated heterocycles. The van der Waals surface area contributed by atoms with Crippen molar-refractivity contribution < 1.29 is 0 Å². The van der Waals surface area contributed by atoms with Crippen LogP contribution >= 0.6 is 11.8 Å². The summed E-state index contributed by atoms with van der Waals surface area (Å²) in [5.74, 6) is 1.18. The Morgan fingerprint density at radius 1 is 1.32 bits per heavy atom. The maximum absolute atomic E-state index is 6.07. The van der Waals surface area contributed by atoms with Crippen molar-refractivity contribution in [3.05, 3.63) is 35.9 Å². The summed E-state index contributed by atoms with van der Waals surface area (Å²) < 4.78 is 0. The van der Waals surface area contributed by atoms with E-state index in [1.54, 1.807) is 0 Å². The van der Waals surface area contributed by atoms with Crippen LogP contribution in [-0.4, -0.2) is 43.1 Å². The van der Waals surface area contributed by atoms with Crippen LogP contribution in [0.5, 0.6) is 0 Å². The topological polar surface area (TPSA) is 29.3 Å². The molecule has 0 heterocycles. The van der Waals surface area contributed by atoms with Gasteiger partial charge in [-0.3, -0.25) is 0 Å². The van der Waals surface area contributed by atoms with Crippen LogP contribution in [-0.2, 0) is 5.41 Å². The molecule has 0 bridgehead atoms. The van der Waals surface area contributed by atoms with Gasteiger partial charge in [-0.1, -0.05) is 44.2 Å². The van der Waals surface area contributed by atoms with E-state index in [1.807, 2.05) is 11.8 Å². The van der Waals surface area contributed by atoms with Crippen LogP contribution in [0.2, 0.25) is 0 Å². The van der Waals surface area contributed by atoms with E-state index in [-0.39, 0.29) is 5.41 Å². The molecule has 1 rings (SSSR count). The fraction of sp³-hybridized carbons (Fsp3) is 0.625. The SMILES string of the molecule is CCC(CSC)N(C)CC(C)(CN)c1ccccc1. The van der Waals surface area contributed by atoms with E-state index in [0.29, 0.717) is 12.6 Å². The average Bonchev–Trinajstić information content (AvgIpc) is 2.45. The van der Waals surface area contributed by atoms with E-state index >= 15 is 0 Å². The van der Waals surface area contributed by atoms with Gasteiger partial charge >= 0.3 is 0 Å². The fourth-order valence-electron chi connectivity index (χ4n) is 2.54. The highest BCUT2D eigenvalue weighted by atomic mass is 32.2. The van der Waals surface area contributed by atoms with E-state index in [1.165, 1.54) is 17.7 Å². The van der Waals surface area contributed by atoms with Crippen LogP contribution in [0.15, 0.2) is 30.3 Å². The molecular formula is C16H28N2S. The predicted octanol–water partition coefficient (Wildman–Crippen LogP) is 2.98. The summed E-state index contributed by atoms with van der Waals surface area (Å²) >= 11 is 1.92. The van der Waals surface area contributed by atoms with Gasteiger partial charge < -0.3 is 10.6 Å². The summed E-state index contributed by atoms with van der Waals surface area (Å²) in [7, 11) is 2.22. The highest BCUT2D eigenvalue weighted by Gasteiger charge is 2.28. The quantitative estimate of drug-likeness (QED) is 0.794. The normalized spacial score (nSPS) is 16.3. The molecule has 0 radical (unpaired) electrons. The molecule has 1 aromatic rings. The van der Waals surface area contributed by atoms with Crippen LogP contribution < -0.4 is 5.73 Å². The standard InChI is InChI=1S/C16H28N2S/c1-5-15(11-19-4)18(3)13-16(2,12-17)14-9-7-6-8-10-14/h6-10,15H,5,11-13,17H2,1-4H3. The van der Waals surface area contributed by atoms with Crippen LogP contribution in [0.25, 0.3) is 0 Å². The molecule has 19 heavy (non-hydrogen) atoms. The van der Waals surface area contributed by atoms with Gasteiger partial charge in [-0.15, -0.1) is 0 Å². The highest BCUT2D eigenvalue weighted by molar-refractivity contribution is 7.98. The first-order chi connectivity index (χ1) is 9.07. The summed E-state index contributed by atoms with van der Waals surface area (Å²) in [5, 5.41) is 0. The van der Waals surface area contributed by atoms with Crippen molar-refractivity contribution in [3.8, 4) is 0 Å². The minimum Gasteiger partial charge on any atom is -0.330 e. The molecule has 108 valence electrons. The zero-order chi connectivity index (χ0) is 14.3. The Morgan fingerprint density at radius 3 is 2.42 bits per heavy atom.